The number of rotatable bonds is 8. The van der Waals surface area contributed by atoms with E-state index in [9.17, 15) is 9.90 Å². The first kappa shape index (κ1) is 24.5. The molecule has 0 bridgehead atoms. The zero-order valence-electron chi connectivity index (χ0n) is 19.0. The van der Waals surface area contributed by atoms with E-state index in [0.29, 0.717) is 26.8 Å². The molecule has 0 unspecified atom stereocenters. The van der Waals surface area contributed by atoms with Gasteiger partial charge in [-0.3, -0.25) is 9.36 Å². The van der Waals surface area contributed by atoms with Gasteiger partial charge in [0.1, 0.15) is 0 Å². The van der Waals surface area contributed by atoms with Crippen molar-refractivity contribution in [2.75, 3.05) is 12.9 Å². The summed E-state index contributed by atoms with van der Waals surface area (Å²) in [7, 11) is 1.46. The molecule has 2 N–H and O–H groups in total. The average Bonchev–Trinajstić information content (AvgIpc) is 3.29. The first-order valence-electron chi connectivity index (χ1n) is 10.6. The molecule has 10 heteroatoms. The van der Waals surface area contributed by atoms with Crippen LogP contribution in [0.4, 0.5) is 0 Å². The van der Waals surface area contributed by atoms with Gasteiger partial charge in [-0.1, -0.05) is 59.8 Å². The van der Waals surface area contributed by atoms with Gasteiger partial charge in [-0.2, -0.15) is 5.10 Å². The fourth-order valence-electron chi connectivity index (χ4n) is 3.23. The number of thioether (sulfide) groups is 1. The fraction of sp³-hybridized carbons (Fsp3) is 0.120. The van der Waals surface area contributed by atoms with Crippen LogP contribution in [-0.2, 0) is 4.79 Å². The van der Waals surface area contributed by atoms with E-state index in [1.54, 1.807) is 12.1 Å². The van der Waals surface area contributed by atoms with Gasteiger partial charge in [-0.05, 0) is 52.7 Å². The van der Waals surface area contributed by atoms with Gasteiger partial charge in [-0.15, -0.1) is 10.2 Å². The normalized spacial score (nSPS) is 11.1. The van der Waals surface area contributed by atoms with Crippen molar-refractivity contribution >= 4 is 39.8 Å². The Kier molecular flexibility index (Phi) is 7.84. The van der Waals surface area contributed by atoms with Crippen molar-refractivity contribution in [3.05, 3.63) is 82.3 Å². The molecule has 3 aromatic carbocycles. The maximum Gasteiger partial charge on any atom is 0.250 e. The van der Waals surface area contributed by atoms with Gasteiger partial charge < -0.3 is 9.84 Å². The van der Waals surface area contributed by atoms with Crippen molar-refractivity contribution < 1.29 is 14.6 Å². The number of aromatic nitrogens is 3. The van der Waals surface area contributed by atoms with Crippen LogP contribution in [0.2, 0.25) is 0 Å². The maximum absolute atomic E-state index is 12.4. The third-order valence-corrected chi connectivity index (χ3v) is 6.50. The molecular formula is C25H22BrN5O3S. The number of methoxy groups -OCH3 is 1. The Bertz CT molecular complexity index is 1360. The largest absolute Gasteiger partial charge is 0.503 e. The average molecular weight is 552 g/mol. The number of carbonyl (C=O) groups excluding carboxylic acids is 1. The zero-order chi connectivity index (χ0) is 24.8. The molecule has 1 amide bonds. The first-order valence-corrected chi connectivity index (χ1v) is 12.3. The molecule has 8 nitrogen and oxygen atoms in total. The third kappa shape index (κ3) is 5.90. The second kappa shape index (κ2) is 11.2. The molecule has 1 aromatic heterocycles. The van der Waals surface area contributed by atoms with Crippen molar-refractivity contribution in [1.29, 1.82) is 0 Å². The van der Waals surface area contributed by atoms with Crippen LogP contribution >= 0.6 is 27.7 Å². The van der Waals surface area contributed by atoms with E-state index < -0.39 is 0 Å². The second-order valence-corrected chi connectivity index (χ2v) is 9.28. The number of nitrogens with zero attached hydrogens (tertiary/aromatic N) is 4. The van der Waals surface area contributed by atoms with E-state index in [1.807, 2.05) is 66.1 Å². The highest BCUT2D eigenvalue weighted by Crippen LogP contribution is 2.34. The molecule has 0 atom stereocenters. The van der Waals surface area contributed by atoms with Gasteiger partial charge >= 0.3 is 0 Å². The van der Waals surface area contributed by atoms with Crippen LogP contribution in [-0.4, -0.2) is 44.9 Å². The van der Waals surface area contributed by atoms with Crippen molar-refractivity contribution in [3.63, 3.8) is 0 Å². The summed E-state index contributed by atoms with van der Waals surface area (Å²) in [6, 6.07) is 21.1. The lowest BCUT2D eigenvalue weighted by molar-refractivity contribution is -0.118. The summed E-state index contributed by atoms with van der Waals surface area (Å²) >= 11 is 4.53. The number of halogens is 1. The highest BCUT2D eigenvalue weighted by atomic mass is 79.9. The van der Waals surface area contributed by atoms with Gasteiger partial charge in [0.25, 0.3) is 5.91 Å². The van der Waals surface area contributed by atoms with Crippen LogP contribution < -0.4 is 10.2 Å². The number of benzene rings is 3. The summed E-state index contributed by atoms with van der Waals surface area (Å²) in [4.78, 5) is 12.4. The Morgan fingerprint density at radius 2 is 1.91 bits per heavy atom. The molecule has 4 rings (SSSR count). The second-order valence-electron chi connectivity index (χ2n) is 7.48. The predicted octanol–water partition coefficient (Wildman–Crippen LogP) is 4.96. The first-order chi connectivity index (χ1) is 17.0. The number of nitrogens with one attached hydrogen (secondary N) is 1. The van der Waals surface area contributed by atoms with Crippen LogP contribution in [0.3, 0.4) is 0 Å². The summed E-state index contributed by atoms with van der Waals surface area (Å²) in [5, 5.41) is 23.2. The molecular weight excluding hydrogens is 530 g/mol. The number of aromatic hydroxyl groups is 1. The molecule has 0 saturated carbocycles. The molecule has 0 radical (unpaired) electrons. The molecule has 0 fully saturated rings. The van der Waals surface area contributed by atoms with Crippen LogP contribution in [0.1, 0.15) is 11.1 Å². The van der Waals surface area contributed by atoms with Crippen molar-refractivity contribution in [3.8, 4) is 28.6 Å². The molecule has 0 aliphatic carbocycles. The lowest BCUT2D eigenvalue weighted by Crippen LogP contribution is -2.20. The van der Waals surface area contributed by atoms with E-state index in [4.69, 9.17) is 4.74 Å². The number of amides is 1. The number of phenolic OH excluding ortho intramolecular Hbond substituents is 1. The lowest BCUT2D eigenvalue weighted by atomic mass is 10.1. The summed E-state index contributed by atoms with van der Waals surface area (Å²) in [5.41, 5.74) is 6.15. The molecule has 1 heterocycles. The molecule has 0 spiro atoms. The molecule has 0 aliphatic rings. The number of para-hydroxylation sites is 1. The topological polar surface area (TPSA) is 102 Å². The number of hydrazone groups is 1. The lowest BCUT2D eigenvalue weighted by Gasteiger charge is -2.10. The molecule has 178 valence electrons. The van der Waals surface area contributed by atoms with Crippen LogP contribution in [0.25, 0.3) is 17.1 Å². The van der Waals surface area contributed by atoms with Crippen molar-refractivity contribution in [2.45, 2.75) is 12.1 Å². The van der Waals surface area contributed by atoms with Crippen LogP contribution in [0.15, 0.2) is 81.5 Å². The van der Waals surface area contributed by atoms with Gasteiger partial charge in [0.05, 0.1) is 23.5 Å². The number of hydrogen-bond donors (Lipinski definition) is 2. The van der Waals surface area contributed by atoms with E-state index in [-0.39, 0.29) is 17.4 Å². The number of ether oxygens (including phenoxy) is 1. The number of carbonyl (C=O) groups is 1. The number of phenols is 1. The Hall–Kier alpha value is -3.63. The third-order valence-electron chi connectivity index (χ3n) is 4.96. The highest BCUT2D eigenvalue weighted by Gasteiger charge is 2.17. The molecule has 35 heavy (non-hydrogen) atoms. The van der Waals surface area contributed by atoms with E-state index in [2.05, 4.69) is 36.7 Å². The van der Waals surface area contributed by atoms with Crippen molar-refractivity contribution in [2.24, 2.45) is 5.10 Å². The minimum Gasteiger partial charge on any atom is -0.503 e. The Morgan fingerprint density at radius 3 is 2.63 bits per heavy atom. The Morgan fingerprint density at radius 1 is 1.17 bits per heavy atom. The van der Waals surface area contributed by atoms with Crippen molar-refractivity contribution in [1.82, 2.24) is 20.2 Å². The minimum absolute atomic E-state index is 0.00220. The van der Waals surface area contributed by atoms with Gasteiger partial charge in [0.2, 0.25) is 0 Å². The molecule has 4 aromatic rings. The fourth-order valence-corrected chi connectivity index (χ4v) is 4.43. The summed E-state index contributed by atoms with van der Waals surface area (Å²) in [6.07, 6.45) is 1.47. The molecule has 0 saturated heterocycles. The van der Waals surface area contributed by atoms with Gasteiger partial charge in [-0.25, -0.2) is 5.43 Å². The van der Waals surface area contributed by atoms with Gasteiger partial charge in [0, 0.05) is 11.3 Å². The molecule has 0 aliphatic heterocycles. The van der Waals surface area contributed by atoms with E-state index in [1.165, 1.54) is 25.1 Å². The van der Waals surface area contributed by atoms with Crippen LogP contribution in [0.5, 0.6) is 11.5 Å². The SMILES string of the molecule is COc1cc(/C=N/NC(=O)CSc2nnc(-c3ccc(C)cc3)n2-c2ccccc2)cc(Br)c1O. The summed E-state index contributed by atoms with van der Waals surface area (Å²) in [5.74, 6) is 0.795. The maximum atomic E-state index is 12.4. The zero-order valence-corrected chi connectivity index (χ0v) is 21.4. The minimum atomic E-state index is -0.296. The summed E-state index contributed by atoms with van der Waals surface area (Å²) in [6.45, 7) is 2.03. The smallest absolute Gasteiger partial charge is 0.250 e. The Labute approximate surface area is 215 Å². The van der Waals surface area contributed by atoms with E-state index in [0.717, 1.165) is 16.8 Å². The number of aryl methyl sites for hydroxylation is 1. The number of hydrogen-bond acceptors (Lipinski definition) is 7. The standard InChI is InChI=1S/C25H22BrN5O3S/c1-16-8-10-18(11-9-16)24-29-30-25(31(24)19-6-4-3-5-7-19)35-15-22(32)28-27-14-17-12-20(26)23(33)21(13-17)34-2/h3-14,33H,15H2,1-2H3,(H,28,32)/b27-14+. The predicted molar refractivity (Wildman–Crippen MR) is 140 cm³/mol. The monoisotopic (exact) mass is 551 g/mol. The summed E-state index contributed by atoms with van der Waals surface area (Å²) < 4.78 is 7.52. The van der Waals surface area contributed by atoms with Gasteiger partial charge in [0.15, 0.2) is 22.5 Å². The highest BCUT2D eigenvalue weighted by molar-refractivity contribution is 9.10. The quantitative estimate of drug-likeness (QED) is 0.182. The van der Waals surface area contributed by atoms with Crippen LogP contribution in [0, 0.1) is 6.92 Å². The Balaban J connectivity index is 1.48. The van der Waals surface area contributed by atoms with E-state index >= 15 is 0 Å².